The first-order valence-electron chi connectivity index (χ1n) is 6.01. The molecule has 0 amide bonds. The van der Waals surface area contributed by atoms with E-state index in [2.05, 4.69) is 10.3 Å². The van der Waals surface area contributed by atoms with Crippen molar-refractivity contribution < 1.29 is 4.39 Å². The topological polar surface area (TPSA) is 50.9 Å². The van der Waals surface area contributed by atoms with Crippen molar-refractivity contribution in [1.29, 1.82) is 0 Å². The Kier molecular flexibility index (Phi) is 3.16. The predicted octanol–water partition coefficient (Wildman–Crippen LogP) is 4.35. The van der Waals surface area contributed by atoms with Crippen LogP contribution < -0.4 is 11.1 Å². The highest BCUT2D eigenvalue weighted by atomic mass is 35.5. The van der Waals surface area contributed by atoms with Crippen molar-refractivity contribution in [3.8, 4) is 0 Å². The van der Waals surface area contributed by atoms with E-state index in [1.165, 1.54) is 6.07 Å². The average Bonchev–Trinajstić information content (AvgIpc) is 2.43. The van der Waals surface area contributed by atoms with Crippen LogP contribution in [0.5, 0.6) is 0 Å². The van der Waals surface area contributed by atoms with Crippen LogP contribution >= 0.6 is 11.6 Å². The number of anilines is 3. The fourth-order valence-corrected chi connectivity index (χ4v) is 2.17. The Hall–Kier alpha value is -2.33. The minimum Gasteiger partial charge on any atom is -0.399 e. The van der Waals surface area contributed by atoms with Crippen LogP contribution in [0.15, 0.2) is 48.5 Å². The van der Waals surface area contributed by atoms with Gasteiger partial charge in [0.1, 0.15) is 11.6 Å². The summed E-state index contributed by atoms with van der Waals surface area (Å²) in [6.45, 7) is 0. The third kappa shape index (κ3) is 2.38. The minimum absolute atomic E-state index is 0.219. The SMILES string of the molecule is Nc1ccc2nc(Nc3c(F)cccc3Cl)ccc2c1. The summed E-state index contributed by atoms with van der Waals surface area (Å²) < 4.78 is 13.7. The van der Waals surface area contributed by atoms with Crippen molar-refractivity contribution in [3.63, 3.8) is 0 Å². The van der Waals surface area contributed by atoms with Crippen LogP contribution in [0.25, 0.3) is 10.9 Å². The summed E-state index contributed by atoms with van der Waals surface area (Å²) in [7, 11) is 0. The van der Waals surface area contributed by atoms with Crippen LogP contribution in [-0.2, 0) is 0 Å². The number of fused-ring (bicyclic) bond motifs is 1. The van der Waals surface area contributed by atoms with Crippen LogP contribution in [0, 0.1) is 5.82 Å². The van der Waals surface area contributed by atoms with Gasteiger partial charge in [0.2, 0.25) is 0 Å². The quantitative estimate of drug-likeness (QED) is 0.689. The first kappa shape index (κ1) is 12.7. The van der Waals surface area contributed by atoms with E-state index in [1.807, 2.05) is 18.2 Å². The maximum absolute atomic E-state index is 13.7. The van der Waals surface area contributed by atoms with Crippen molar-refractivity contribution in [2.45, 2.75) is 0 Å². The first-order valence-corrected chi connectivity index (χ1v) is 6.38. The molecule has 2 aromatic carbocycles. The molecule has 1 aromatic heterocycles. The summed E-state index contributed by atoms with van der Waals surface area (Å²) in [5, 5.41) is 4.13. The molecule has 0 bridgehead atoms. The van der Waals surface area contributed by atoms with Crippen LogP contribution in [0.2, 0.25) is 5.02 Å². The van der Waals surface area contributed by atoms with Gasteiger partial charge in [0.25, 0.3) is 0 Å². The molecule has 3 N–H and O–H groups in total. The summed E-state index contributed by atoms with van der Waals surface area (Å²) in [6.07, 6.45) is 0. The van der Waals surface area contributed by atoms with E-state index < -0.39 is 5.82 Å². The Morgan fingerprint density at radius 3 is 2.75 bits per heavy atom. The van der Waals surface area contributed by atoms with E-state index in [-0.39, 0.29) is 5.69 Å². The van der Waals surface area contributed by atoms with Gasteiger partial charge in [0.15, 0.2) is 0 Å². The summed E-state index contributed by atoms with van der Waals surface area (Å²) in [5.41, 5.74) is 7.39. The number of benzene rings is 2. The van der Waals surface area contributed by atoms with Gasteiger partial charge in [0, 0.05) is 11.1 Å². The number of para-hydroxylation sites is 1. The number of rotatable bonds is 2. The molecular weight excluding hydrogens is 277 g/mol. The molecule has 0 aliphatic heterocycles. The number of nitrogen functional groups attached to an aromatic ring is 1. The molecule has 3 aromatic rings. The van der Waals surface area contributed by atoms with Gasteiger partial charge in [-0.2, -0.15) is 0 Å². The number of nitrogens with one attached hydrogen (secondary N) is 1. The van der Waals surface area contributed by atoms with Crippen LogP contribution in [-0.4, -0.2) is 4.98 Å². The average molecular weight is 288 g/mol. The Labute approximate surface area is 120 Å². The Morgan fingerprint density at radius 1 is 1.10 bits per heavy atom. The second kappa shape index (κ2) is 4.98. The van der Waals surface area contributed by atoms with Gasteiger partial charge in [0.05, 0.1) is 16.2 Å². The largest absolute Gasteiger partial charge is 0.399 e. The molecule has 100 valence electrons. The molecular formula is C15H11ClFN3. The Bertz CT molecular complexity index is 769. The van der Waals surface area contributed by atoms with Crippen molar-refractivity contribution in [2.24, 2.45) is 0 Å². The fourth-order valence-electron chi connectivity index (χ4n) is 1.96. The Balaban J connectivity index is 2.01. The number of nitrogens with two attached hydrogens (primary N) is 1. The zero-order chi connectivity index (χ0) is 14.1. The first-order chi connectivity index (χ1) is 9.63. The standard InChI is InChI=1S/C15H11ClFN3/c16-11-2-1-3-12(17)15(11)20-14-7-4-9-8-10(18)5-6-13(9)19-14/h1-8H,18H2,(H,19,20). The normalized spacial score (nSPS) is 10.7. The zero-order valence-electron chi connectivity index (χ0n) is 10.4. The van der Waals surface area contributed by atoms with Gasteiger partial charge in [-0.3, -0.25) is 0 Å². The van der Waals surface area contributed by atoms with Crippen molar-refractivity contribution in [2.75, 3.05) is 11.1 Å². The van der Waals surface area contributed by atoms with Crippen LogP contribution in [0.1, 0.15) is 0 Å². The third-order valence-corrected chi connectivity index (χ3v) is 3.24. The van der Waals surface area contributed by atoms with Crippen molar-refractivity contribution in [1.82, 2.24) is 4.98 Å². The molecule has 0 atom stereocenters. The molecule has 0 saturated heterocycles. The second-order valence-corrected chi connectivity index (χ2v) is 4.78. The van der Waals surface area contributed by atoms with E-state index in [9.17, 15) is 4.39 Å². The van der Waals surface area contributed by atoms with Crippen LogP contribution in [0.4, 0.5) is 21.6 Å². The third-order valence-electron chi connectivity index (χ3n) is 2.93. The number of halogens is 2. The summed E-state index contributed by atoms with van der Waals surface area (Å²) in [5.74, 6) is 0.103. The van der Waals surface area contributed by atoms with Gasteiger partial charge < -0.3 is 11.1 Å². The van der Waals surface area contributed by atoms with E-state index in [0.29, 0.717) is 16.5 Å². The van der Waals surface area contributed by atoms with Crippen molar-refractivity contribution in [3.05, 3.63) is 59.4 Å². The van der Waals surface area contributed by atoms with Crippen LogP contribution in [0.3, 0.4) is 0 Å². The van der Waals surface area contributed by atoms with E-state index in [0.717, 1.165) is 10.9 Å². The highest BCUT2D eigenvalue weighted by Gasteiger charge is 2.08. The van der Waals surface area contributed by atoms with E-state index in [1.54, 1.807) is 24.3 Å². The minimum atomic E-state index is -0.420. The number of pyridine rings is 1. The molecule has 0 spiro atoms. The summed E-state index contributed by atoms with van der Waals surface area (Å²) >= 11 is 5.97. The molecule has 3 nitrogen and oxygen atoms in total. The lowest BCUT2D eigenvalue weighted by molar-refractivity contribution is 0.632. The number of hydrogen-bond acceptors (Lipinski definition) is 3. The van der Waals surface area contributed by atoms with Gasteiger partial charge in [-0.15, -0.1) is 0 Å². The maximum atomic E-state index is 13.7. The molecule has 1 heterocycles. The molecule has 0 aliphatic rings. The summed E-state index contributed by atoms with van der Waals surface area (Å²) in [6, 6.07) is 13.6. The van der Waals surface area contributed by atoms with Crippen molar-refractivity contribution >= 4 is 39.7 Å². The molecule has 20 heavy (non-hydrogen) atoms. The fraction of sp³-hybridized carbons (Fsp3) is 0. The zero-order valence-corrected chi connectivity index (χ0v) is 11.2. The molecule has 0 aliphatic carbocycles. The molecule has 0 unspecified atom stereocenters. The highest BCUT2D eigenvalue weighted by Crippen LogP contribution is 2.28. The second-order valence-electron chi connectivity index (χ2n) is 4.37. The van der Waals surface area contributed by atoms with Gasteiger partial charge in [-0.1, -0.05) is 17.7 Å². The molecule has 0 fully saturated rings. The number of aromatic nitrogens is 1. The molecule has 3 rings (SSSR count). The smallest absolute Gasteiger partial charge is 0.148 e. The lowest BCUT2D eigenvalue weighted by Crippen LogP contribution is -1.97. The highest BCUT2D eigenvalue weighted by molar-refractivity contribution is 6.33. The monoisotopic (exact) mass is 287 g/mol. The van der Waals surface area contributed by atoms with E-state index in [4.69, 9.17) is 17.3 Å². The molecule has 0 radical (unpaired) electrons. The molecule has 5 heteroatoms. The van der Waals surface area contributed by atoms with E-state index >= 15 is 0 Å². The predicted molar refractivity (Wildman–Crippen MR) is 80.8 cm³/mol. The lowest BCUT2D eigenvalue weighted by atomic mass is 10.2. The van der Waals surface area contributed by atoms with Gasteiger partial charge >= 0.3 is 0 Å². The maximum Gasteiger partial charge on any atom is 0.148 e. The summed E-state index contributed by atoms with van der Waals surface area (Å²) in [4.78, 5) is 4.40. The van der Waals surface area contributed by atoms with Gasteiger partial charge in [-0.05, 0) is 42.5 Å². The number of nitrogens with zero attached hydrogens (tertiary/aromatic N) is 1. The van der Waals surface area contributed by atoms with Gasteiger partial charge in [-0.25, -0.2) is 9.37 Å². The molecule has 0 saturated carbocycles. The Morgan fingerprint density at radius 2 is 1.95 bits per heavy atom. The lowest BCUT2D eigenvalue weighted by Gasteiger charge is -2.09. The number of hydrogen-bond donors (Lipinski definition) is 2.